The minimum Gasteiger partial charge on any atom is -0.339 e. The predicted octanol–water partition coefficient (Wildman–Crippen LogP) is 3.77. The van der Waals surface area contributed by atoms with Crippen molar-refractivity contribution in [2.75, 3.05) is 11.6 Å². The molecule has 0 atom stereocenters. The van der Waals surface area contributed by atoms with Crippen LogP contribution in [0, 0.1) is 0 Å². The van der Waals surface area contributed by atoms with Gasteiger partial charge in [0.05, 0.1) is 4.90 Å². The van der Waals surface area contributed by atoms with Crippen molar-refractivity contribution in [2.45, 2.75) is 31.2 Å². The van der Waals surface area contributed by atoms with Crippen molar-refractivity contribution < 1.29 is 13.2 Å². The summed E-state index contributed by atoms with van der Waals surface area (Å²) in [5, 5.41) is 5.17. The number of anilines is 1. The average molecular weight is 404 g/mol. The summed E-state index contributed by atoms with van der Waals surface area (Å²) >= 11 is 1.36. The molecule has 6 nitrogen and oxygen atoms in total. The van der Waals surface area contributed by atoms with E-state index in [1.54, 1.807) is 35.8 Å². The van der Waals surface area contributed by atoms with Crippen LogP contribution in [0.4, 0.5) is 5.13 Å². The molecule has 0 aliphatic heterocycles. The maximum absolute atomic E-state index is 12.7. The number of thiazole rings is 1. The zero-order valence-corrected chi connectivity index (χ0v) is 17.0. The summed E-state index contributed by atoms with van der Waals surface area (Å²) in [6, 6.07) is 8.61. The van der Waals surface area contributed by atoms with E-state index in [1.807, 2.05) is 16.8 Å². The van der Waals surface area contributed by atoms with Gasteiger partial charge in [-0.2, -0.15) is 0 Å². The summed E-state index contributed by atoms with van der Waals surface area (Å²) in [6.07, 6.45) is 4.79. The van der Waals surface area contributed by atoms with E-state index in [0.717, 1.165) is 11.1 Å². The van der Waals surface area contributed by atoms with Crippen LogP contribution in [0.3, 0.4) is 0 Å². The van der Waals surface area contributed by atoms with E-state index in [9.17, 15) is 13.2 Å². The second-order valence-electron chi connectivity index (χ2n) is 6.65. The molecule has 0 saturated heterocycles. The first-order chi connectivity index (χ1) is 12.7. The number of nitrogens with one attached hydrogen (secondary N) is 1. The fraction of sp³-hybridized carbons (Fsp3) is 0.263. The molecule has 3 rings (SSSR count). The van der Waals surface area contributed by atoms with Crippen molar-refractivity contribution in [3.63, 3.8) is 0 Å². The summed E-state index contributed by atoms with van der Waals surface area (Å²) < 4.78 is 25.1. The molecule has 1 amide bonds. The lowest BCUT2D eigenvalue weighted by atomic mass is 10.1. The minimum atomic E-state index is -3.23. The molecule has 0 unspecified atom stereocenters. The van der Waals surface area contributed by atoms with Crippen molar-refractivity contribution >= 4 is 32.2 Å². The second-order valence-corrected chi connectivity index (χ2v) is 9.56. The van der Waals surface area contributed by atoms with Crippen LogP contribution < -0.4 is 5.32 Å². The van der Waals surface area contributed by atoms with Crippen molar-refractivity contribution in [2.24, 2.45) is 0 Å². The lowest BCUT2D eigenvalue weighted by molar-refractivity contribution is 0.101. The van der Waals surface area contributed by atoms with E-state index in [-0.39, 0.29) is 16.7 Å². The Kier molecular flexibility index (Phi) is 5.48. The quantitative estimate of drug-likeness (QED) is 0.679. The average Bonchev–Trinajstić information content (AvgIpc) is 3.24. The molecular weight excluding hydrogens is 382 g/mol. The van der Waals surface area contributed by atoms with E-state index in [4.69, 9.17) is 0 Å². The lowest BCUT2D eigenvalue weighted by Crippen LogP contribution is -2.17. The molecule has 2 heterocycles. The molecule has 0 fully saturated rings. The molecule has 142 valence electrons. The highest BCUT2D eigenvalue weighted by molar-refractivity contribution is 7.90. The van der Waals surface area contributed by atoms with Gasteiger partial charge in [0, 0.05) is 30.6 Å². The molecule has 0 aliphatic carbocycles. The number of carbonyl (C=O) groups is 1. The highest BCUT2D eigenvalue weighted by Gasteiger charge is 2.17. The summed E-state index contributed by atoms with van der Waals surface area (Å²) in [5.41, 5.74) is 2.52. The molecule has 3 aromatic rings. The van der Waals surface area contributed by atoms with Gasteiger partial charge in [0.1, 0.15) is 5.69 Å². The number of benzene rings is 1. The first-order valence-electron chi connectivity index (χ1n) is 8.44. The van der Waals surface area contributed by atoms with Crippen LogP contribution in [0.2, 0.25) is 0 Å². The number of carbonyl (C=O) groups excluding carboxylic acids is 1. The first kappa shape index (κ1) is 19.3. The van der Waals surface area contributed by atoms with E-state index >= 15 is 0 Å². The van der Waals surface area contributed by atoms with Crippen molar-refractivity contribution in [3.8, 4) is 0 Å². The predicted molar refractivity (Wildman–Crippen MR) is 107 cm³/mol. The summed E-state index contributed by atoms with van der Waals surface area (Å²) in [6.45, 7) is 4.61. The number of aromatic nitrogens is 2. The van der Waals surface area contributed by atoms with Gasteiger partial charge in [-0.15, -0.1) is 11.3 Å². The molecule has 2 aromatic heterocycles. The zero-order valence-electron chi connectivity index (χ0n) is 15.3. The van der Waals surface area contributed by atoms with E-state index in [2.05, 4.69) is 24.1 Å². The molecule has 1 aromatic carbocycles. The Hall–Kier alpha value is -2.45. The van der Waals surface area contributed by atoms with Crippen LogP contribution >= 0.6 is 11.3 Å². The van der Waals surface area contributed by atoms with Crippen molar-refractivity contribution in [1.82, 2.24) is 9.55 Å². The Morgan fingerprint density at radius 3 is 2.52 bits per heavy atom. The minimum absolute atomic E-state index is 0.218. The Bertz CT molecular complexity index is 1030. The van der Waals surface area contributed by atoms with Gasteiger partial charge < -0.3 is 4.57 Å². The number of hydrogen-bond acceptors (Lipinski definition) is 5. The van der Waals surface area contributed by atoms with E-state index in [1.165, 1.54) is 17.6 Å². The van der Waals surface area contributed by atoms with Gasteiger partial charge in [-0.25, -0.2) is 13.4 Å². The van der Waals surface area contributed by atoms with Crippen LogP contribution in [0.25, 0.3) is 0 Å². The van der Waals surface area contributed by atoms with Crippen LogP contribution in [0.1, 0.15) is 41.4 Å². The Morgan fingerprint density at radius 1 is 1.26 bits per heavy atom. The summed E-state index contributed by atoms with van der Waals surface area (Å²) in [4.78, 5) is 17.1. The van der Waals surface area contributed by atoms with Crippen LogP contribution in [-0.4, -0.2) is 30.1 Å². The fourth-order valence-corrected chi connectivity index (χ4v) is 3.81. The maximum Gasteiger partial charge on any atom is 0.274 e. The zero-order chi connectivity index (χ0) is 19.6. The summed E-state index contributed by atoms with van der Waals surface area (Å²) in [5.74, 6) is 0.0647. The SMILES string of the molecule is CC(C)c1cc(C(=O)Nc2nccs2)n(Cc2ccc(S(C)(=O)=O)cc2)c1. The topological polar surface area (TPSA) is 81.1 Å². The molecule has 0 aliphatic rings. The van der Waals surface area contributed by atoms with E-state index in [0.29, 0.717) is 17.4 Å². The van der Waals surface area contributed by atoms with Gasteiger partial charge in [-0.3, -0.25) is 10.1 Å². The number of sulfone groups is 1. The first-order valence-corrected chi connectivity index (χ1v) is 11.2. The third-order valence-corrected chi connectivity index (χ3v) is 5.99. The third kappa shape index (κ3) is 4.64. The third-order valence-electron chi connectivity index (χ3n) is 4.17. The van der Waals surface area contributed by atoms with Crippen LogP contribution in [-0.2, 0) is 16.4 Å². The number of amides is 1. The van der Waals surface area contributed by atoms with Crippen LogP contribution in [0.15, 0.2) is 53.0 Å². The maximum atomic E-state index is 12.7. The second kappa shape index (κ2) is 7.66. The molecule has 27 heavy (non-hydrogen) atoms. The van der Waals surface area contributed by atoms with Gasteiger partial charge in [0.25, 0.3) is 5.91 Å². The highest BCUT2D eigenvalue weighted by atomic mass is 32.2. The van der Waals surface area contributed by atoms with Gasteiger partial charge in [0.15, 0.2) is 15.0 Å². The van der Waals surface area contributed by atoms with E-state index < -0.39 is 9.84 Å². The van der Waals surface area contributed by atoms with Crippen molar-refractivity contribution in [1.29, 1.82) is 0 Å². The van der Waals surface area contributed by atoms with Gasteiger partial charge in [-0.1, -0.05) is 26.0 Å². The number of rotatable bonds is 6. The Labute approximate surface area is 162 Å². The molecule has 8 heteroatoms. The van der Waals surface area contributed by atoms with Crippen LogP contribution in [0.5, 0.6) is 0 Å². The lowest BCUT2D eigenvalue weighted by Gasteiger charge is -2.09. The molecule has 0 bridgehead atoms. The molecular formula is C19H21N3O3S2. The van der Waals surface area contributed by atoms with Crippen molar-refractivity contribution in [3.05, 3.63) is 64.9 Å². The Morgan fingerprint density at radius 2 is 1.96 bits per heavy atom. The van der Waals surface area contributed by atoms with Gasteiger partial charge in [0.2, 0.25) is 0 Å². The molecule has 0 saturated carbocycles. The number of hydrogen-bond donors (Lipinski definition) is 1. The van der Waals surface area contributed by atoms with Gasteiger partial charge in [-0.05, 0) is 35.2 Å². The summed E-state index contributed by atoms with van der Waals surface area (Å²) in [7, 11) is -3.23. The number of nitrogens with zero attached hydrogens (tertiary/aromatic N) is 2. The monoisotopic (exact) mass is 403 g/mol. The standard InChI is InChI=1S/C19H21N3O3S2/c1-13(2)15-10-17(18(23)21-19-20-8-9-26-19)22(12-15)11-14-4-6-16(7-5-14)27(3,24)25/h4-10,12-13H,11H2,1-3H3,(H,20,21,23). The largest absolute Gasteiger partial charge is 0.339 e. The Balaban J connectivity index is 1.88. The van der Waals surface area contributed by atoms with Gasteiger partial charge >= 0.3 is 0 Å². The highest BCUT2D eigenvalue weighted by Crippen LogP contribution is 2.21. The molecule has 0 radical (unpaired) electrons. The molecule has 0 spiro atoms. The molecule has 1 N–H and O–H groups in total. The fourth-order valence-electron chi connectivity index (χ4n) is 2.66. The smallest absolute Gasteiger partial charge is 0.274 e. The normalized spacial score (nSPS) is 11.7.